The Kier molecular flexibility index (Phi) is 13.1. The van der Waals surface area contributed by atoms with Gasteiger partial charge in [0.25, 0.3) is 0 Å². The maximum Gasteiger partial charge on any atom is 0.415 e. The molecule has 0 aliphatic rings. The van der Waals surface area contributed by atoms with Crippen LogP contribution >= 0.6 is 22.7 Å². The fourth-order valence-electron chi connectivity index (χ4n) is 6.30. The number of aryl methyl sites for hydroxylation is 2. The maximum absolute atomic E-state index is 15.0. The Bertz CT molecular complexity index is 1570. The SMILES string of the molecule is CCCCCCc1cc(C(F)(F)F)c(B(c2ccsc2-c2nccs2)c2c(C(F)(F)F)cc(CCCCCC)cc2C(F)(F)F)c(C(F)(F)F)c1. The first-order valence-electron chi connectivity index (χ1n) is 16.4. The third-order valence-electron chi connectivity index (χ3n) is 8.55. The molecule has 0 saturated carbocycles. The van der Waals surface area contributed by atoms with Gasteiger partial charge in [-0.3, -0.25) is 0 Å². The van der Waals surface area contributed by atoms with E-state index in [0.717, 1.165) is 41.6 Å². The van der Waals surface area contributed by atoms with Gasteiger partial charge in [0.05, 0.1) is 27.1 Å². The number of rotatable bonds is 14. The topological polar surface area (TPSA) is 12.9 Å². The van der Waals surface area contributed by atoms with E-state index in [9.17, 15) is 0 Å². The summed E-state index contributed by atoms with van der Waals surface area (Å²) in [7, 11) is 0. The van der Waals surface area contributed by atoms with Gasteiger partial charge in [-0.05, 0) is 82.8 Å². The average molecular weight is 772 g/mol. The summed E-state index contributed by atoms with van der Waals surface area (Å²) in [5, 5.41) is 2.62. The molecule has 0 saturated heterocycles. The predicted octanol–water partition coefficient (Wildman–Crippen LogP) is 11.7. The van der Waals surface area contributed by atoms with Crippen molar-refractivity contribution < 1.29 is 52.7 Å². The Balaban J connectivity index is 2.21. The molecule has 0 aliphatic carbocycles. The number of hydrogen-bond acceptors (Lipinski definition) is 3. The second-order valence-electron chi connectivity index (χ2n) is 12.3. The molecule has 0 spiro atoms. The minimum atomic E-state index is -5.60. The summed E-state index contributed by atoms with van der Waals surface area (Å²) in [4.78, 5) is 3.89. The Morgan fingerprint density at radius 2 is 0.961 bits per heavy atom. The Morgan fingerprint density at radius 1 is 0.549 bits per heavy atom. The molecule has 278 valence electrons. The summed E-state index contributed by atoms with van der Waals surface area (Å²) in [6.45, 7) is 0.901. The standard InChI is InChI=1S/C35H34BF12NS2/c1-3-5-7-9-11-21-17-23(32(37,38)39)28(24(18-21)33(40,41)42)36(27-13-15-50-30(27)31-49-14-16-51-31)29-25(34(43,44)45)19-22(12-10-8-6-4-2)20-26(29)35(46,47)48/h13-20H,3-12H2,1-2H3. The van der Waals surface area contributed by atoms with E-state index in [4.69, 9.17) is 0 Å². The highest BCUT2D eigenvalue weighted by molar-refractivity contribution is 7.22. The molecule has 2 aromatic heterocycles. The normalized spacial score (nSPS) is 12.9. The Morgan fingerprint density at radius 3 is 1.29 bits per heavy atom. The van der Waals surface area contributed by atoms with Crippen LogP contribution in [0.4, 0.5) is 52.7 Å². The van der Waals surface area contributed by atoms with E-state index in [-0.39, 0.29) is 46.7 Å². The smallest absolute Gasteiger partial charge is 0.244 e. The third-order valence-corrected chi connectivity index (χ3v) is 10.4. The fraction of sp³-hybridized carbons (Fsp3) is 0.457. The summed E-state index contributed by atoms with van der Waals surface area (Å²) >= 11 is 1.62. The van der Waals surface area contributed by atoms with E-state index in [0.29, 0.717) is 49.9 Å². The van der Waals surface area contributed by atoms with Crippen LogP contribution in [-0.2, 0) is 37.5 Å². The van der Waals surface area contributed by atoms with E-state index >= 15 is 52.7 Å². The number of nitrogens with zero attached hydrogens (tertiary/aromatic N) is 1. The summed E-state index contributed by atoms with van der Waals surface area (Å²) < 4.78 is 181. The number of hydrogen-bond donors (Lipinski definition) is 0. The molecule has 4 rings (SSSR count). The van der Waals surface area contributed by atoms with Gasteiger partial charge in [-0.25, -0.2) is 4.98 Å². The largest absolute Gasteiger partial charge is 0.415 e. The molecule has 0 fully saturated rings. The van der Waals surface area contributed by atoms with Crippen LogP contribution in [0.15, 0.2) is 47.3 Å². The minimum absolute atomic E-state index is 0.00863. The number of alkyl halides is 12. The minimum Gasteiger partial charge on any atom is -0.244 e. The molecule has 0 unspecified atom stereocenters. The zero-order valence-corrected chi connectivity index (χ0v) is 29.2. The van der Waals surface area contributed by atoms with Crippen molar-refractivity contribution in [2.24, 2.45) is 0 Å². The van der Waals surface area contributed by atoms with Crippen LogP contribution in [0.3, 0.4) is 0 Å². The molecule has 1 nitrogen and oxygen atoms in total. The van der Waals surface area contributed by atoms with E-state index < -0.39 is 70.1 Å². The molecule has 0 amide bonds. The molecule has 0 atom stereocenters. The van der Waals surface area contributed by atoms with E-state index in [2.05, 4.69) is 4.98 Å². The van der Waals surface area contributed by atoms with Gasteiger partial charge in [0, 0.05) is 11.6 Å². The van der Waals surface area contributed by atoms with Gasteiger partial charge in [0.1, 0.15) is 5.01 Å². The molecular weight excluding hydrogens is 737 g/mol. The third kappa shape index (κ3) is 9.91. The zero-order valence-electron chi connectivity index (χ0n) is 27.6. The molecule has 2 aromatic carbocycles. The number of thiazole rings is 1. The quantitative estimate of drug-likeness (QED) is 0.0707. The molecule has 0 N–H and O–H groups in total. The fourth-order valence-corrected chi connectivity index (χ4v) is 8.01. The lowest BCUT2D eigenvalue weighted by Gasteiger charge is -2.30. The Labute approximate surface area is 296 Å². The lowest BCUT2D eigenvalue weighted by atomic mass is 9.33. The number of thiophene rings is 1. The van der Waals surface area contributed by atoms with Gasteiger partial charge < -0.3 is 0 Å². The van der Waals surface area contributed by atoms with Crippen molar-refractivity contribution in [2.45, 2.75) is 103 Å². The van der Waals surface area contributed by atoms with Crippen molar-refractivity contribution in [3.05, 3.63) is 80.7 Å². The molecule has 51 heavy (non-hydrogen) atoms. The van der Waals surface area contributed by atoms with Crippen LogP contribution in [0.25, 0.3) is 9.88 Å². The molecule has 0 radical (unpaired) electrons. The first-order chi connectivity index (χ1) is 23.8. The molecule has 4 aromatic rings. The van der Waals surface area contributed by atoms with Crippen molar-refractivity contribution in [2.75, 3.05) is 0 Å². The first kappa shape index (κ1) is 40.8. The van der Waals surface area contributed by atoms with Crippen LogP contribution < -0.4 is 16.4 Å². The summed E-state index contributed by atoms with van der Waals surface area (Å²) in [5.41, 5.74) is -12.6. The Hall–Kier alpha value is -3.01. The highest BCUT2D eigenvalue weighted by Gasteiger charge is 2.51. The number of aromatic nitrogens is 1. The monoisotopic (exact) mass is 771 g/mol. The second-order valence-corrected chi connectivity index (χ2v) is 14.1. The van der Waals surface area contributed by atoms with E-state index in [1.54, 1.807) is 0 Å². The molecule has 0 aliphatic heterocycles. The van der Waals surface area contributed by atoms with Crippen molar-refractivity contribution in [3.8, 4) is 9.88 Å². The molecule has 0 bridgehead atoms. The predicted molar refractivity (Wildman–Crippen MR) is 179 cm³/mol. The lowest BCUT2D eigenvalue weighted by Crippen LogP contribution is -2.59. The molecule has 16 heteroatoms. The van der Waals surface area contributed by atoms with Crippen molar-refractivity contribution in [1.29, 1.82) is 0 Å². The van der Waals surface area contributed by atoms with Gasteiger partial charge >= 0.3 is 24.7 Å². The van der Waals surface area contributed by atoms with Crippen LogP contribution in [0.2, 0.25) is 0 Å². The van der Waals surface area contributed by atoms with E-state index in [1.165, 1.54) is 17.0 Å². The zero-order chi connectivity index (χ0) is 37.8. The highest BCUT2D eigenvalue weighted by Crippen LogP contribution is 2.40. The number of unbranched alkanes of at least 4 members (excludes halogenated alkanes) is 6. The van der Waals surface area contributed by atoms with Gasteiger partial charge in [-0.15, -0.1) is 22.7 Å². The van der Waals surface area contributed by atoms with E-state index in [1.807, 2.05) is 13.8 Å². The van der Waals surface area contributed by atoms with Crippen LogP contribution in [0.1, 0.15) is 98.6 Å². The molecular formula is C35H34BF12NS2. The van der Waals surface area contributed by atoms with Crippen molar-refractivity contribution in [1.82, 2.24) is 4.98 Å². The van der Waals surface area contributed by atoms with Gasteiger partial charge in [0.15, 0.2) is 0 Å². The van der Waals surface area contributed by atoms with Crippen molar-refractivity contribution in [3.63, 3.8) is 0 Å². The lowest BCUT2D eigenvalue weighted by molar-refractivity contribution is -0.142. The average Bonchev–Trinajstić information content (AvgIpc) is 3.73. The summed E-state index contributed by atoms with van der Waals surface area (Å²) in [6.07, 6.45) is -17.4. The summed E-state index contributed by atoms with van der Waals surface area (Å²) in [6, 6.07) is 2.70. The van der Waals surface area contributed by atoms with Gasteiger partial charge in [0.2, 0.25) is 6.71 Å². The second kappa shape index (κ2) is 16.3. The maximum atomic E-state index is 15.0. The van der Waals surface area contributed by atoms with Crippen LogP contribution in [-0.4, -0.2) is 11.7 Å². The number of halogens is 12. The van der Waals surface area contributed by atoms with Gasteiger partial charge in [-0.2, -0.15) is 52.7 Å². The first-order valence-corrected chi connectivity index (χ1v) is 18.1. The van der Waals surface area contributed by atoms with Crippen LogP contribution in [0.5, 0.6) is 0 Å². The van der Waals surface area contributed by atoms with Crippen LogP contribution in [0, 0.1) is 0 Å². The number of benzene rings is 2. The molecule has 2 heterocycles. The van der Waals surface area contributed by atoms with Gasteiger partial charge in [-0.1, -0.05) is 58.4 Å². The summed E-state index contributed by atoms with van der Waals surface area (Å²) in [5.74, 6) is 0. The van der Waals surface area contributed by atoms with Crippen molar-refractivity contribution >= 4 is 45.8 Å². The highest BCUT2D eigenvalue weighted by atomic mass is 32.1.